The van der Waals surface area contributed by atoms with Crippen LogP contribution < -0.4 is 14.9 Å². The molecule has 5 aromatic rings. The quantitative estimate of drug-likeness (QED) is 0.0747. The monoisotopic (exact) mass is 936 g/mol. The van der Waals surface area contributed by atoms with Gasteiger partial charge in [-0.1, -0.05) is 66.2 Å². The Bertz CT molecular complexity index is 2330. The second kappa shape index (κ2) is 22.1. The Labute approximate surface area is 382 Å². The van der Waals surface area contributed by atoms with Gasteiger partial charge in [-0.25, -0.2) is 8.42 Å². The standard InChI is InChI=1S/C48H52ClF3N4O4S3/c49-38-17-13-35(14-18-38)44-12-5-4-8-37(44)30-34-23-27-56(28-24-34)40-19-15-36(16-20-40)47(58)54-63(60)43-21-22-45(46(32-43)62(59)48(50,51)52)53-39(33-61-42-10-2-1-3-11-42)31-41-9-6-25-55(41)26-7-29-57/h1-5,8,10-22,32,34,39,41,53,57H,6-7,9,23-31,33H2,(H,54,58). The van der Waals surface area contributed by atoms with Crippen LogP contribution in [-0.4, -0.2) is 80.5 Å². The Hall–Kier alpha value is -4.18. The van der Waals surface area contributed by atoms with E-state index in [1.165, 1.54) is 23.3 Å². The molecule has 4 atom stereocenters. The average molecular weight is 938 g/mol. The highest BCUT2D eigenvalue weighted by atomic mass is 35.5. The van der Waals surface area contributed by atoms with E-state index in [9.17, 15) is 31.5 Å². The van der Waals surface area contributed by atoms with Crippen LogP contribution in [0, 0.1) is 5.92 Å². The maximum absolute atomic E-state index is 14.1. The van der Waals surface area contributed by atoms with Crippen molar-refractivity contribution in [1.29, 1.82) is 0 Å². The third-order valence-corrected chi connectivity index (χ3v) is 15.4. The summed E-state index contributed by atoms with van der Waals surface area (Å²) < 4.78 is 71.4. The molecule has 3 N–H and O–H groups in total. The number of anilines is 2. The SMILES string of the molecule is O=C(NS(=O)c1ccc(NC(CSc2ccccc2)CC2CCCN2CCCO)c(S(=O)C(F)(F)F)c1)c1ccc(N2CCC(Cc3ccccc3-c3ccc(Cl)cc3)CC2)cc1. The molecule has 334 valence electrons. The molecule has 0 bridgehead atoms. The number of aliphatic hydroxyl groups excluding tert-OH is 1. The van der Waals surface area contributed by atoms with Crippen LogP contribution in [0.25, 0.3) is 11.1 Å². The van der Waals surface area contributed by atoms with Crippen molar-refractivity contribution >= 4 is 62.4 Å². The molecular weight excluding hydrogens is 885 g/mol. The number of carbonyl (C=O) groups excluding carboxylic acids is 1. The number of likely N-dealkylation sites (tertiary alicyclic amines) is 1. The number of benzene rings is 5. The third-order valence-electron chi connectivity index (χ3n) is 11.8. The van der Waals surface area contributed by atoms with Gasteiger partial charge in [0.1, 0.15) is 0 Å². The Morgan fingerprint density at radius 1 is 0.873 bits per heavy atom. The molecule has 2 aliphatic heterocycles. The average Bonchev–Trinajstić information content (AvgIpc) is 3.74. The van der Waals surface area contributed by atoms with Gasteiger partial charge < -0.3 is 20.2 Å². The highest BCUT2D eigenvalue weighted by molar-refractivity contribution is 7.99. The number of nitrogens with one attached hydrogen (secondary N) is 2. The maximum Gasteiger partial charge on any atom is 0.475 e. The highest BCUT2D eigenvalue weighted by Gasteiger charge is 2.40. The normalized spacial score (nSPS) is 17.6. The van der Waals surface area contributed by atoms with Crippen LogP contribution in [0.4, 0.5) is 24.5 Å². The minimum atomic E-state index is -5.08. The summed E-state index contributed by atoms with van der Waals surface area (Å²) in [6.45, 7) is 3.39. The number of hydrogen-bond acceptors (Lipinski definition) is 8. The molecule has 4 unspecified atom stereocenters. The van der Waals surface area contributed by atoms with Crippen molar-refractivity contribution in [2.45, 2.75) is 77.2 Å². The van der Waals surface area contributed by atoms with Gasteiger partial charge in [-0.05, 0) is 141 Å². The van der Waals surface area contributed by atoms with Gasteiger partial charge >= 0.3 is 5.51 Å². The van der Waals surface area contributed by atoms with E-state index in [0.29, 0.717) is 29.5 Å². The fourth-order valence-electron chi connectivity index (χ4n) is 8.52. The van der Waals surface area contributed by atoms with E-state index < -0.39 is 38.1 Å². The van der Waals surface area contributed by atoms with Crippen LogP contribution in [0.1, 0.15) is 54.4 Å². The van der Waals surface area contributed by atoms with E-state index in [-0.39, 0.29) is 34.8 Å². The fourth-order valence-corrected chi connectivity index (χ4v) is 11.3. The molecule has 2 heterocycles. The second-order valence-corrected chi connectivity index (χ2v) is 20.2. The van der Waals surface area contributed by atoms with Gasteiger partial charge in [0, 0.05) is 65.2 Å². The molecule has 2 saturated heterocycles. The largest absolute Gasteiger partial charge is 0.475 e. The van der Waals surface area contributed by atoms with Crippen LogP contribution in [0.5, 0.6) is 0 Å². The fraction of sp³-hybridized carbons (Fsp3) is 0.354. The summed E-state index contributed by atoms with van der Waals surface area (Å²) in [7, 11) is -5.70. The first kappa shape index (κ1) is 46.8. The van der Waals surface area contributed by atoms with Gasteiger partial charge in [-0.15, -0.1) is 11.8 Å². The summed E-state index contributed by atoms with van der Waals surface area (Å²) in [6, 6.07) is 36.7. The zero-order valence-corrected chi connectivity index (χ0v) is 38.0. The topological polar surface area (TPSA) is 102 Å². The van der Waals surface area contributed by atoms with E-state index in [1.54, 1.807) is 23.9 Å². The number of alkyl halides is 3. The Morgan fingerprint density at radius 3 is 2.30 bits per heavy atom. The van der Waals surface area contributed by atoms with Crippen molar-refractivity contribution in [3.63, 3.8) is 0 Å². The number of nitrogens with zero attached hydrogens (tertiary/aromatic N) is 2. The van der Waals surface area contributed by atoms with E-state index >= 15 is 0 Å². The first-order valence-corrected chi connectivity index (χ1v) is 24.9. The van der Waals surface area contributed by atoms with Crippen molar-refractivity contribution < 1.29 is 31.5 Å². The lowest BCUT2D eigenvalue weighted by molar-refractivity contribution is -0.0384. The molecule has 0 spiro atoms. The summed E-state index contributed by atoms with van der Waals surface area (Å²) in [5, 5.41) is 13.4. The summed E-state index contributed by atoms with van der Waals surface area (Å²) >= 11 is 7.70. The highest BCUT2D eigenvalue weighted by Crippen LogP contribution is 2.35. The first-order valence-electron chi connectivity index (χ1n) is 21.3. The number of halogens is 4. The van der Waals surface area contributed by atoms with Crippen molar-refractivity contribution in [3.05, 3.63) is 137 Å². The molecule has 1 amide bonds. The van der Waals surface area contributed by atoms with Crippen molar-refractivity contribution in [2.24, 2.45) is 5.92 Å². The van der Waals surface area contributed by atoms with Gasteiger partial charge in [0.05, 0.1) is 15.5 Å². The maximum atomic E-state index is 14.1. The van der Waals surface area contributed by atoms with Crippen molar-refractivity contribution in [1.82, 2.24) is 9.62 Å². The van der Waals surface area contributed by atoms with Gasteiger partial charge in [0.2, 0.25) is 0 Å². The van der Waals surface area contributed by atoms with Crippen LogP contribution in [0.2, 0.25) is 5.02 Å². The van der Waals surface area contributed by atoms with Crippen LogP contribution in [-0.2, 0) is 28.2 Å². The Morgan fingerprint density at radius 2 is 1.59 bits per heavy atom. The predicted octanol–water partition coefficient (Wildman–Crippen LogP) is 10.4. The lowest BCUT2D eigenvalue weighted by atomic mass is 9.87. The molecule has 15 heteroatoms. The van der Waals surface area contributed by atoms with Gasteiger partial charge in [0.25, 0.3) is 5.91 Å². The first-order chi connectivity index (χ1) is 30.4. The number of piperidine rings is 1. The number of hydrogen-bond donors (Lipinski definition) is 3. The van der Waals surface area contributed by atoms with Crippen molar-refractivity contribution in [2.75, 3.05) is 48.8 Å². The van der Waals surface area contributed by atoms with Crippen molar-refractivity contribution in [3.8, 4) is 11.1 Å². The molecular formula is C48H52ClF3N4O4S3. The number of amides is 1. The zero-order chi connectivity index (χ0) is 44.3. The molecule has 0 radical (unpaired) electrons. The number of rotatable bonds is 18. The molecule has 0 saturated carbocycles. The smallest absolute Gasteiger partial charge is 0.396 e. The number of aliphatic hydroxyl groups is 1. The predicted molar refractivity (Wildman–Crippen MR) is 250 cm³/mol. The summed E-state index contributed by atoms with van der Waals surface area (Å²) in [4.78, 5) is 18.2. The lowest BCUT2D eigenvalue weighted by Gasteiger charge is -2.34. The molecule has 0 aromatic heterocycles. The zero-order valence-electron chi connectivity index (χ0n) is 34.8. The summed E-state index contributed by atoms with van der Waals surface area (Å²) in [6.07, 6.45) is 6.12. The third kappa shape index (κ3) is 12.8. The number of carbonyl (C=O) groups is 1. The Kier molecular flexibility index (Phi) is 16.4. The van der Waals surface area contributed by atoms with E-state index in [4.69, 9.17) is 11.6 Å². The number of thioether (sulfide) groups is 1. The summed E-state index contributed by atoms with van der Waals surface area (Å²) in [5.74, 6) is 0.382. The minimum absolute atomic E-state index is 0.0266. The van der Waals surface area contributed by atoms with E-state index in [1.807, 2.05) is 54.6 Å². The van der Waals surface area contributed by atoms with Gasteiger partial charge in [-0.2, -0.15) is 13.2 Å². The molecule has 63 heavy (non-hydrogen) atoms. The molecule has 7 rings (SSSR count). The summed E-state index contributed by atoms with van der Waals surface area (Å²) in [5.41, 5.74) is -0.181. The van der Waals surface area contributed by atoms with E-state index in [2.05, 4.69) is 56.2 Å². The molecule has 2 fully saturated rings. The van der Waals surface area contributed by atoms with Crippen LogP contribution in [0.15, 0.2) is 136 Å². The second-order valence-electron chi connectivity index (χ2n) is 16.0. The minimum Gasteiger partial charge on any atom is -0.396 e. The molecule has 2 aliphatic rings. The molecule has 8 nitrogen and oxygen atoms in total. The van der Waals surface area contributed by atoms with E-state index in [0.717, 1.165) is 80.5 Å². The lowest BCUT2D eigenvalue weighted by Crippen LogP contribution is -2.37. The molecule has 5 aromatic carbocycles. The van der Waals surface area contributed by atoms with Crippen LogP contribution in [0.3, 0.4) is 0 Å². The van der Waals surface area contributed by atoms with Crippen LogP contribution >= 0.6 is 23.4 Å². The molecule has 0 aliphatic carbocycles. The van der Waals surface area contributed by atoms with Gasteiger partial charge in [-0.3, -0.25) is 9.52 Å². The Balaban J connectivity index is 0.990. The van der Waals surface area contributed by atoms with Gasteiger partial charge in [0.15, 0.2) is 21.8 Å².